The first-order valence-corrected chi connectivity index (χ1v) is 9.50. The lowest BCUT2D eigenvalue weighted by molar-refractivity contribution is -0.128. The Bertz CT molecular complexity index is 622. The Hall–Kier alpha value is -2.15. The molecule has 2 aliphatic heterocycles. The topological polar surface area (TPSA) is 78.9 Å². The highest BCUT2D eigenvalue weighted by Gasteiger charge is 2.41. The molecule has 3 rings (SSSR count). The van der Waals surface area contributed by atoms with Crippen LogP contribution in [0.15, 0.2) is 29.4 Å². The molecule has 26 heavy (non-hydrogen) atoms. The zero-order chi connectivity index (χ0) is 18.4. The maximum Gasteiger partial charge on any atom is 0.244 e. The number of nitrogens with zero attached hydrogens (tertiary/aromatic N) is 3. The third kappa shape index (κ3) is 4.94. The number of nitrogens with one attached hydrogen (secondary N) is 2. The Kier molecular flexibility index (Phi) is 6.44. The van der Waals surface area contributed by atoms with Gasteiger partial charge in [0.15, 0.2) is 5.96 Å². The average Bonchev–Trinajstić information content (AvgIpc) is 3.28. The van der Waals surface area contributed by atoms with E-state index in [0.717, 1.165) is 37.9 Å². The fourth-order valence-corrected chi connectivity index (χ4v) is 3.51. The molecule has 2 bridgehead atoms. The van der Waals surface area contributed by atoms with Crippen LogP contribution in [0.1, 0.15) is 31.9 Å². The molecule has 142 valence electrons. The molecule has 3 atom stereocenters. The summed E-state index contributed by atoms with van der Waals surface area (Å²) in [5.41, 5.74) is 0.988. The van der Waals surface area contributed by atoms with E-state index in [-0.39, 0.29) is 18.6 Å². The fraction of sp³-hybridized carbons (Fsp3) is 0.632. The summed E-state index contributed by atoms with van der Waals surface area (Å²) in [4.78, 5) is 22.8. The van der Waals surface area contributed by atoms with Crippen LogP contribution in [0.25, 0.3) is 0 Å². The van der Waals surface area contributed by atoms with E-state index >= 15 is 0 Å². The van der Waals surface area contributed by atoms with Crippen molar-refractivity contribution in [3.8, 4) is 0 Å². The van der Waals surface area contributed by atoms with Crippen molar-refractivity contribution >= 4 is 11.9 Å². The van der Waals surface area contributed by atoms with Crippen LogP contribution in [0.5, 0.6) is 0 Å². The summed E-state index contributed by atoms with van der Waals surface area (Å²) >= 11 is 0. The second kappa shape index (κ2) is 8.98. The molecule has 0 saturated carbocycles. The van der Waals surface area contributed by atoms with Gasteiger partial charge in [-0.1, -0.05) is 6.07 Å². The molecule has 0 radical (unpaired) electrons. The van der Waals surface area contributed by atoms with E-state index < -0.39 is 0 Å². The van der Waals surface area contributed by atoms with E-state index in [4.69, 9.17) is 4.74 Å². The molecule has 1 aromatic rings. The summed E-state index contributed by atoms with van der Waals surface area (Å²) < 4.78 is 5.88. The van der Waals surface area contributed by atoms with Crippen LogP contribution in [-0.4, -0.2) is 66.7 Å². The minimum absolute atomic E-state index is 0.00215. The molecule has 2 saturated heterocycles. The van der Waals surface area contributed by atoms with Crippen molar-refractivity contribution in [3.05, 3.63) is 30.1 Å². The van der Waals surface area contributed by atoms with E-state index in [1.807, 2.05) is 32.2 Å². The summed E-state index contributed by atoms with van der Waals surface area (Å²) in [6.45, 7) is 3.55. The number of carbonyl (C=O) groups is 1. The normalized spacial score (nSPS) is 24.5. The third-order valence-electron chi connectivity index (χ3n) is 5.00. The lowest BCUT2D eigenvalue weighted by atomic mass is 9.96. The number of aromatic nitrogens is 1. The third-order valence-corrected chi connectivity index (χ3v) is 5.00. The first-order valence-electron chi connectivity index (χ1n) is 9.50. The van der Waals surface area contributed by atoms with Gasteiger partial charge in [-0.25, -0.2) is 4.99 Å². The predicted molar refractivity (Wildman–Crippen MR) is 101 cm³/mol. The van der Waals surface area contributed by atoms with Gasteiger partial charge in [-0.15, -0.1) is 0 Å². The van der Waals surface area contributed by atoms with Crippen molar-refractivity contribution in [2.24, 2.45) is 4.99 Å². The number of hydrogen-bond acceptors (Lipinski definition) is 4. The van der Waals surface area contributed by atoms with Crippen LogP contribution in [0.2, 0.25) is 0 Å². The highest BCUT2D eigenvalue weighted by Crippen LogP contribution is 2.34. The van der Waals surface area contributed by atoms with Crippen LogP contribution in [0.4, 0.5) is 0 Å². The molecular formula is C19H29N5O2. The molecule has 2 fully saturated rings. The zero-order valence-electron chi connectivity index (χ0n) is 15.6. The quantitative estimate of drug-likeness (QED) is 0.560. The maximum atomic E-state index is 12.4. The fourth-order valence-electron chi connectivity index (χ4n) is 3.51. The minimum Gasteiger partial charge on any atom is -0.373 e. The van der Waals surface area contributed by atoms with Crippen molar-refractivity contribution in [3.63, 3.8) is 0 Å². The number of hydrogen-bond donors (Lipinski definition) is 2. The van der Waals surface area contributed by atoms with E-state index in [1.165, 1.54) is 0 Å². The van der Waals surface area contributed by atoms with Crippen molar-refractivity contribution in [2.75, 3.05) is 26.7 Å². The zero-order valence-corrected chi connectivity index (χ0v) is 15.6. The SMILES string of the molecule is CCNC(=NCC(=O)N(C)CCc1ccccn1)NC1CC2CCC1O2. The second-order valence-corrected chi connectivity index (χ2v) is 6.94. The number of fused-ring (bicyclic) bond motifs is 2. The molecule has 0 aromatic carbocycles. The Labute approximate surface area is 155 Å². The van der Waals surface area contributed by atoms with Crippen molar-refractivity contribution in [2.45, 2.75) is 50.9 Å². The summed E-state index contributed by atoms with van der Waals surface area (Å²) in [7, 11) is 1.81. The largest absolute Gasteiger partial charge is 0.373 e. The Morgan fingerprint density at radius 1 is 1.42 bits per heavy atom. The number of guanidine groups is 1. The number of aliphatic imine (C=N–C) groups is 1. The first kappa shape index (κ1) is 18.6. The molecule has 1 aromatic heterocycles. The van der Waals surface area contributed by atoms with Gasteiger partial charge in [0.2, 0.25) is 5.91 Å². The number of amides is 1. The van der Waals surface area contributed by atoms with Crippen LogP contribution in [0, 0.1) is 0 Å². The molecule has 7 heteroatoms. The second-order valence-electron chi connectivity index (χ2n) is 6.94. The smallest absolute Gasteiger partial charge is 0.244 e. The lowest BCUT2D eigenvalue weighted by Crippen LogP contribution is -2.47. The van der Waals surface area contributed by atoms with E-state index in [0.29, 0.717) is 24.7 Å². The lowest BCUT2D eigenvalue weighted by Gasteiger charge is -2.23. The van der Waals surface area contributed by atoms with Gasteiger partial charge in [-0.05, 0) is 38.3 Å². The van der Waals surface area contributed by atoms with Gasteiger partial charge in [0.05, 0.1) is 18.2 Å². The predicted octanol–water partition coefficient (Wildman–Crippen LogP) is 0.958. The Morgan fingerprint density at radius 2 is 2.31 bits per heavy atom. The number of pyridine rings is 1. The average molecular weight is 359 g/mol. The van der Waals surface area contributed by atoms with Gasteiger partial charge in [-0.2, -0.15) is 0 Å². The van der Waals surface area contributed by atoms with E-state index in [1.54, 1.807) is 11.1 Å². The summed E-state index contributed by atoms with van der Waals surface area (Å²) in [5, 5.41) is 6.66. The maximum absolute atomic E-state index is 12.4. The molecule has 2 N–H and O–H groups in total. The minimum atomic E-state index is 0.00215. The van der Waals surface area contributed by atoms with Crippen molar-refractivity contribution < 1.29 is 9.53 Å². The summed E-state index contributed by atoms with van der Waals surface area (Å²) in [6.07, 6.45) is 6.48. The number of carbonyl (C=O) groups excluding carboxylic acids is 1. The highest BCUT2D eigenvalue weighted by molar-refractivity contribution is 5.85. The molecule has 0 aliphatic carbocycles. The first-order chi connectivity index (χ1) is 12.7. The molecule has 7 nitrogen and oxygen atoms in total. The van der Waals surface area contributed by atoms with Gasteiger partial charge >= 0.3 is 0 Å². The van der Waals surface area contributed by atoms with Crippen LogP contribution in [-0.2, 0) is 16.0 Å². The number of rotatable bonds is 7. The number of likely N-dealkylation sites (N-methyl/N-ethyl adjacent to an activating group) is 1. The van der Waals surface area contributed by atoms with E-state index in [2.05, 4.69) is 20.6 Å². The van der Waals surface area contributed by atoms with Crippen LogP contribution in [0.3, 0.4) is 0 Å². The van der Waals surface area contributed by atoms with Crippen molar-refractivity contribution in [1.29, 1.82) is 0 Å². The van der Waals surface area contributed by atoms with Crippen LogP contribution >= 0.6 is 0 Å². The highest BCUT2D eigenvalue weighted by atomic mass is 16.5. The molecule has 2 aliphatic rings. The number of ether oxygens (including phenoxy) is 1. The van der Waals surface area contributed by atoms with Gasteiger partial charge < -0.3 is 20.3 Å². The standard InChI is InChI=1S/C19H29N5O2/c1-3-20-19(23-16-12-15-7-8-17(16)26-15)22-13-18(25)24(2)11-9-14-6-4-5-10-21-14/h4-6,10,15-17H,3,7-9,11-13H2,1-2H3,(H2,20,22,23). The monoisotopic (exact) mass is 359 g/mol. The summed E-state index contributed by atoms with van der Waals surface area (Å²) in [6, 6.07) is 6.12. The molecule has 3 heterocycles. The van der Waals surface area contributed by atoms with Gasteiger partial charge in [0.1, 0.15) is 6.54 Å². The summed E-state index contributed by atoms with van der Waals surface area (Å²) in [5.74, 6) is 0.697. The molecule has 1 amide bonds. The Morgan fingerprint density at radius 3 is 2.96 bits per heavy atom. The molecule has 3 unspecified atom stereocenters. The molecule has 0 spiro atoms. The van der Waals surface area contributed by atoms with E-state index in [9.17, 15) is 4.79 Å². The Balaban J connectivity index is 1.47. The van der Waals surface area contributed by atoms with Gasteiger partial charge in [-0.3, -0.25) is 9.78 Å². The van der Waals surface area contributed by atoms with Crippen molar-refractivity contribution in [1.82, 2.24) is 20.5 Å². The van der Waals surface area contributed by atoms with Gasteiger partial charge in [0.25, 0.3) is 0 Å². The van der Waals surface area contributed by atoms with Crippen LogP contribution < -0.4 is 10.6 Å². The molecular weight excluding hydrogens is 330 g/mol. The van der Waals surface area contributed by atoms with Gasteiger partial charge in [0, 0.05) is 38.4 Å².